The number of thiazole rings is 1. The van der Waals surface area contributed by atoms with Gasteiger partial charge in [-0.3, -0.25) is 33.9 Å². The van der Waals surface area contributed by atoms with Crippen molar-refractivity contribution in [3.63, 3.8) is 0 Å². The second-order valence-corrected chi connectivity index (χ2v) is 14.2. The van der Waals surface area contributed by atoms with Crippen LogP contribution in [0.4, 0.5) is 0 Å². The van der Waals surface area contributed by atoms with E-state index < -0.39 is 17.9 Å². The van der Waals surface area contributed by atoms with Crippen LogP contribution < -0.4 is 10.1 Å². The molecule has 49 heavy (non-hydrogen) atoms. The van der Waals surface area contributed by atoms with Crippen molar-refractivity contribution >= 4 is 40.9 Å². The Morgan fingerprint density at radius 1 is 0.959 bits per heavy atom. The number of aromatic nitrogens is 1. The highest BCUT2D eigenvalue weighted by molar-refractivity contribution is 7.11. The van der Waals surface area contributed by atoms with Crippen LogP contribution in [0.3, 0.4) is 0 Å². The van der Waals surface area contributed by atoms with Crippen LogP contribution >= 0.6 is 11.3 Å². The van der Waals surface area contributed by atoms with Gasteiger partial charge in [0.1, 0.15) is 16.7 Å². The van der Waals surface area contributed by atoms with Gasteiger partial charge in [-0.1, -0.05) is 44.0 Å². The zero-order valence-electron chi connectivity index (χ0n) is 27.6. The Bertz CT molecular complexity index is 1730. The molecule has 4 atom stereocenters. The Labute approximate surface area is 289 Å². The minimum absolute atomic E-state index is 0.0362. The van der Waals surface area contributed by atoms with Crippen molar-refractivity contribution in [2.75, 3.05) is 32.7 Å². The number of imide groups is 1. The van der Waals surface area contributed by atoms with Crippen molar-refractivity contribution in [2.24, 2.45) is 11.8 Å². The van der Waals surface area contributed by atoms with Crippen molar-refractivity contribution < 1.29 is 28.7 Å². The van der Waals surface area contributed by atoms with Crippen LogP contribution in [0.5, 0.6) is 5.75 Å². The first-order valence-corrected chi connectivity index (χ1v) is 18.2. The Morgan fingerprint density at radius 2 is 1.71 bits per heavy atom. The van der Waals surface area contributed by atoms with Crippen molar-refractivity contribution in [2.45, 2.75) is 64.0 Å². The molecule has 2 fully saturated rings. The smallest absolute Gasteiger partial charge is 0.265 e. The quantitative estimate of drug-likeness (QED) is 0.329. The Kier molecular flexibility index (Phi) is 9.48. The predicted molar refractivity (Wildman–Crippen MR) is 182 cm³/mol. The highest BCUT2D eigenvalue weighted by Crippen LogP contribution is 2.42. The molecule has 11 nitrogen and oxygen atoms in total. The number of benzene rings is 2. The summed E-state index contributed by atoms with van der Waals surface area (Å²) in [6.45, 7) is 3.87. The van der Waals surface area contributed by atoms with E-state index in [1.165, 1.54) is 16.2 Å². The summed E-state index contributed by atoms with van der Waals surface area (Å²) in [6, 6.07) is 11.9. The number of fused-ring (bicyclic) bond motifs is 2. The lowest BCUT2D eigenvalue weighted by molar-refractivity contribution is -0.146. The van der Waals surface area contributed by atoms with Crippen LogP contribution in [0.2, 0.25) is 0 Å². The lowest BCUT2D eigenvalue weighted by Crippen LogP contribution is -2.51. The van der Waals surface area contributed by atoms with E-state index >= 15 is 0 Å². The van der Waals surface area contributed by atoms with E-state index in [2.05, 4.69) is 10.3 Å². The van der Waals surface area contributed by atoms with Crippen molar-refractivity contribution in [1.29, 1.82) is 0 Å². The first kappa shape index (κ1) is 32.9. The molecule has 12 heteroatoms. The van der Waals surface area contributed by atoms with E-state index in [1.54, 1.807) is 45.8 Å². The molecular weight excluding hydrogens is 643 g/mol. The summed E-state index contributed by atoms with van der Waals surface area (Å²) in [7, 11) is 0. The number of carbonyl (C=O) groups is 5. The number of amides is 5. The number of carbonyl (C=O) groups excluding carboxylic acids is 5. The molecule has 1 saturated heterocycles. The third kappa shape index (κ3) is 6.34. The Hall–Kier alpha value is -4.58. The zero-order chi connectivity index (χ0) is 34.1. The molecule has 1 unspecified atom stereocenters. The SMILES string of the molecule is CCCNC(=O)[C@H]1CCCC[C@H]1C(=O)N1CCc2cccc(OC3CCN(C(=O)c4cncs4)C3)c2[C@H]1CN1C(=O)c2ccccc2C1=O. The van der Waals surface area contributed by atoms with Crippen molar-refractivity contribution in [3.05, 3.63) is 81.3 Å². The molecule has 0 radical (unpaired) electrons. The molecular formula is C37H41N5O6S. The maximum atomic E-state index is 14.7. The number of likely N-dealkylation sites (tertiary alicyclic amines) is 1. The van der Waals surface area contributed by atoms with E-state index in [4.69, 9.17) is 4.74 Å². The minimum atomic E-state index is -0.674. The second kappa shape index (κ2) is 14.1. The number of ether oxygens (including phenoxy) is 1. The summed E-state index contributed by atoms with van der Waals surface area (Å²) >= 11 is 1.31. The summed E-state index contributed by atoms with van der Waals surface area (Å²) in [4.78, 5) is 77.7. The summed E-state index contributed by atoms with van der Waals surface area (Å²) in [6.07, 6.45) is 6.30. The molecule has 5 amide bonds. The highest BCUT2D eigenvalue weighted by Gasteiger charge is 2.45. The molecule has 1 N–H and O–H groups in total. The fourth-order valence-electron chi connectivity index (χ4n) is 7.87. The van der Waals surface area contributed by atoms with Gasteiger partial charge in [0.15, 0.2) is 0 Å². The van der Waals surface area contributed by atoms with Crippen molar-refractivity contribution in [1.82, 2.24) is 25.0 Å². The van der Waals surface area contributed by atoms with E-state index in [0.29, 0.717) is 73.6 Å². The van der Waals surface area contributed by atoms with E-state index in [-0.39, 0.29) is 42.2 Å². The zero-order valence-corrected chi connectivity index (χ0v) is 28.5. The normalized spacial score (nSPS) is 23.3. The van der Waals surface area contributed by atoms with Gasteiger partial charge in [0.05, 0.1) is 42.0 Å². The Balaban J connectivity index is 1.20. The average Bonchev–Trinajstić information content (AvgIpc) is 3.89. The molecule has 7 rings (SSSR count). The standard InChI is InChI=1S/C37H41N5O6S/c1-2-16-39-33(43)25-9-3-4-10-26(25)34(44)41-18-14-23-8-7-13-30(48-24-15-17-40(20-24)37(47)31-19-38-22-49-31)32(23)29(41)21-42-35(45)27-11-5-6-12-28(27)36(42)46/h5-8,11-13,19,22,24-26,29H,2-4,9-10,14-18,20-21H2,1H3,(H,39,43)/t24?,25-,26+,29+/m0/s1. The molecule has 1 aliphatic carbocycles. The molecule has 1 aromatic heterocycles. The van der Waals surface area contributed by atoms with Gasteiger partial charge in [0, 0.05) is 43.5 Å². The largest absolute Gasteiger partial charge is 0.488 e. The van der Waals surface area contributed by atoms with Crippen molar-refractivity contribution in [3.8, 4) is 5.75 Å². The maximum Gasteiger partial charge on any atom is 0.265 e. The fourth-order valence-corrected chi connectivity index (χ4v) is 8.46. The molecule has 4 heterocycles. The fraction of sp³-hybridized carbons (Fsp3) is 0.459. The monoisotopic (exact) mass is 683 g/mol. The molecule has 3 aromatic rings. The number of hydrogen-bond acceptors (Lipinski definition) is 8. The predicted octanol–water partition coefficient (Wildman–Crippen LogP) is 4.49. The van der Waals surface area contributed by atoms with Crippen LogP contribution in [0.25, 0.3) is 0 Å². The van der Waals surface area contributed by atoms with Gasteiger partial charge in [0.25, 0.3) is 17.7 Å². The van der Waals surface area contributed by atoms with E-state index in [1.807, 2.05) is 25.1 Å². The summed E-state index contributed by atoms with van der Waals surface area (Å²) in [5, 5.41) is 3.01. The maximum absolute atomic E-state index is 14.7. The third-order valence-electron chi connectivity index (χ3n) is 10.3. The van der Waals surface area contributed by atoms with Gasteiger partial charge in [-0.25, -0.2) is 0 Å². The molecule has 3 aliphatic heterocycles. The average molecular weight is 684 g/mol. The highest BCUT2D eigenvalue weighted by atomic mass is 32.1. The van der Waals surface area contributed by atoms with Gasteiger partial charge in [-0.2, -0.15) is 0 Å². The van der Waals surface area contributed by atoms with E-state index in [9.17, 15) is 24.0 Å². The first-order valence-electron chi connectivity index (χ1n) is 17.3. The van der Waals surface area contributed by atoms with Gasteiger partial charge in [0.2, 0.25) is 11.8 Å². The lowest BCUT2D eigenvalue weighted by atomic mass is 9.77. The molecule has 0 spiro atoms. The van der Waals surface area contributed by atoms with Gasteiger partial charge in [-0.05, 0) is 49.4 Å². The van der Waals surface area contributed by atoms with Crippen LogP contribution in [-0.2, 0) is 16.0 Å². The van der Waals surface area contributed by atoms with Crippen LogP contribution in [-0.4, -0.2) is 88.0 Å². The first-order chi connectivity index (χ1) is 23.9. The molecule has 256 valence electrons. The Morgan fingerprint density at radius 3 is 2.43 bits per heavy atom. The summed E-state index contributed by atoms with van der Waals surface area (Å²) in [5.41, 5.74) is 4.10. The second-order valence-electron chi connectivity index (χ2n) is 13.3. The number of hydrogen-bond donors (Lipinski definition) is 1. The third-order valence-corrected chi connectivity index (χ3v) is 11.1. The number of nitrogens with zero attached hydrogens (tertiary/aromatic N) is 4. The summed E-state index contributed by atoms with van der Waals surface area (Å²) in [5.74, 6) is -1.41. The number of nitrogens with one attached hydrogen (secondary N) is 1. The summed E-state index contributed by atoms with van der Waals surface area (Å²) < 4.78 is 6.66. The van der Waals surface area contributed by atoms with E-state index in [0.717, 1.165) is 30.4 Å². The molecule has 2 aromatic carbocycles. The van der Waals surface area contributed by atoms with Crippen LogP contribution in [0.15, 0.2) is 54.2 Å². The number of rotatable bonds is 9. The topological polar surface area (TPSA) is 129 Å². The minimum Gasteiger partial charge on any atom is -0.488 e. The lowest BCUT2D eigenvalue weighted by Gasteiger charge is -2.43. The molecule has 1 saturated carbocycles. The van der Waals surface area contributed by atoms with Crippen LogP contribution in [0, 0.1) is 11.8 Å². The molecule has 4 aliphatic rings. The van der Waals surface area contributed by atoms with Crippen LogP contribution in [0.1, 0.15) is 93.0 Å². The van der Waals surface area contributed by atoms with Gasteiger partial charge in [-0.15, -0.1) is 11.3 Å². The molecule has 0 bridgehead atoms. The van der Waals surface area contributed by atoms with Gasteiger partial charge >= 0.3 is 0 Å². The van der Waals surface area contributed by atoms with Gasteiger partial charge < -0.3 is 19.9 Å².